The molecule has 23 heavy (non-hydrogen) atoms. The summed E-state index contributed by atoms with van der Waals surface area (Å²) < 4.78 is 0. The lowest BCUT2D eigenvalue weighted by Gasteiger charge is -2.26. The van der Waals surface area contributed by atoms with Gasteiger partial charge in [-0.25, -0.2) is 0 Å². The van der Waals surface area contributed by atoms with Crippen molar-refractivity contribution in [3.63, 3.8) is 0 Å². The fraction of sp³-hybridized carbons (Fsp3) is 0.545. The summed E-state index contributed by atoms with van der Waals surface area (Å²) in [4.78, 5) is 0. The fourth-order valence-electron chi connectivity index (χ4n) is 3.36. The molecule has 0 radical (unpaired) electrons. The zero-order valence-corrected chi connectivity index (χ0v) is 14.4. The smallest absolute Gasteiger partial charge is 0.0681 e. The number of rotatable bonds is 6. The van der Waals surface area contributed by atoms with Gasteiger partial charge in [-0.1, -0.05) is 62.7 Å². The summed E-state index contributed by atoms with van der Waals surface area (Å²) in [5.41, 5.74) is 1.94. The van der Waals surface area contributed by atoms with Gasteiger partial charge in [-0.2, -0.15) is 0 Å². The molecule has 0 atom stereocenters. The van der Waals surface area contributed by atoms with Gasteiger partial charge in [0.15, 0.2) is 0 Å². The van der Waals surface area contributed by atoms with Crippen molar-refractivity contribution in [1.82, 2.24) is 0 Å². The summed E-state index contributed by atoms with van der Waals surface area (Å²) in [6.45, 7) is 2.37. The van der Waals surface area contributed by atoms with E-state index in [2.05, 4.69) is 24.8 Å². The van der Waals surface area contributed by atoms with Crippen LogP contribution in [0.25, 0.3) is 0 Å². The Bertz CT molecular complexity index is 521. The number of hydrogen-bond donors (Lipinski definition) is 1. The second-order valence-electron chi connectivity index (χ2n) is 6.76. The molecular formula is C22H30O. The third kappa shape index (κ3) is 6.63. The Kier molecular flexibility index (Phi) is 7.98. The van der Waals surface area contributed by atoms with E-state index < -0.39 is 0 Å². The third-order valence-corrected chi connectivity index (χ3v) is 4.91. The van der Waals surface area contributed by atoms with Crippen molar-refractivity contribution in [3.05, 3.63) is 47.5 Å². The van der Waals surface area contributed by atoms with Crippen LogP contribution in [-0.2, 0) is 6.61 Å². The molecule has 1 saturated carbocycles. The van der Waals surface area contributed by atoms with Crippen LogP contribution in [0.15, 0.2) is 36.4 Å². The number of aliphatic hydroxyl groups is 1. The molecule has 1 fully saturated rings. The molecule has 1 aromatic carbocycles. The highest BCUT2D eigenvalue weighted by molar-refractivity contribution is 5.38. The molecule has 2 rings (SSSR count). The van der Waals surface area contributed by atoms with Gasteiger partial charge in [-0.3, -0.25) is 0 Å². The van der Waals surface area contributed by atoms with Gasteiger partial charge in [-0.05, 0) is 61.3 Å². The lowest BCUT2D eigenvalue weighted by atomic mass is 9.79. The van der Waals surface area contributed by atoms with E-state index in [1.807, 2.05) is 30.3 Å². The quantitative estimate of drug-likeness (QED) is 0.545. The first-order valence-electron chi connectivity index (χ1n) is 9.19. The molecular weight excluding hydrogens is 280 g/mol. The molecule has 1 aliphatic carbocycles. The minimum atomic E-state index is 0.0920. The van der Waals surface area contributed by atoms with Crippen molar-refractivity contribution in [1.29, 1.82) is 0 Å². The van der Waals surface area contributed by atoms with Gasteiger partial charge >= 0.3 is 0 Å². The van der Waals surface area contributed by atoms with Crippen molar-refractivity contribution in [2.24, 2.45) is 11.8 Å². The summed E-state index contributed by atoms with van der Waals surface area (Å²) in [6.07, 6.45) is 15.4. The summed E-state index contributed by atoms with van der Waals surface area (Å²) in [5.74, 6) is 8.01. The van der Waals surface area contributed by atoms with Crippen LogP contribution in [-0.4, -0.2) is 5.11 Å². The molecule has 0 unspecified atom stereocenters. The second-order valence-corrected chi connectivity index (χ2v) is 6.76. The lowest BCUT2D eigenvalue weighted by Crippen LogP contribution is -2.12. The Morgan fingerprint density at radius 2 is 1.83 bits per heavy atom. The number of benzene rings is 1. The van der Waals surface area contributed by atoms with Crippen LogP contribution >= 0.6 is 0 Å². The average molecular weight is 310 g/mol. The Balaban J connectivity index is 1.71. The van der Waals surface area contributed by atoms with Gasteiger partial charge in [0, 0.05) is 5.56 Å². The second kappa shape index (κ2) is 10.3. The molecule has 0 heterocycles. The van der Waals surface area contributed by atoms with E-state index in [0.717, 1.165) is 23.0 Å². The van der Waals surface area contributed by atoms with E-state index in [4.69, 9.17) is 5.11 Å². The highest BCUT2D eigenvalue weighted by Crippen LogP contribution is 2.32. The van der Waals surface area contributed by atoms with Gasteiger partial charge in [0.1, 0.15) is 0 Å². The molecule has 1 aliphatic rings. The molecule has 124 valence electrons. The molecule has 0 saturated heterocycles. The molecule has 0 spiro atoms. The Morgan fingerprint density at radius 1 is 1.09 bits per heavy atom. The van der Waals surface area contributed by atoms with Gasteiger partial charge in [0.25, 0.3) is 0 Å². The minimum absolute atomic E-state index is 0.0920. The van der Waals surface area contributed by atoms with Crippen LogP contribution in [0.2, 0.25) is 0 Å². The van der Waals surface area contributed by atoms with Crippen LogP contribution in [0.3, 0.4) is 0 Å². The highest BCUT2D eigenvalue weighted by Gasteiger charge is 2.18. The van der Waals surface area contributed by atoms with Crippen molar-refractivity contribution in [2.45, 2.75) is 64.9 Å². The van der Waals surface area contributed by atoms with Crippen molar-refractivity contribution in [3.8, 4) is 11.8 Å². The maximum absolute atomic E-state index is 9.02. The van der Waals surface area contributed by atoms with E-state index in [-0.39, 0.29) is 6.61 Å². The summed E-state index contributed by atoms with van der Waals surface area (Å²) in [6, 6.07) is 7.78. The number of aliphatic hydroxyl groups excluding tert-OH is 1. The molecule has 1 N–H and O–H groups in total. The van der Waals surface area contributed by atoms with Gasteiger partial charge in [0.05, 0.1) is 6.61 Å². The van der Waals surface area contributed by atoms with Gasteiger partial charge < -0.3 is 5.11 Å². The fourth-order valence-corrected chi connectivity index (χ4v) is 3.36. The van der Waals surface area contributed by atoms with Crippen LogP contribution in [0.5, 0.6) is 0 Å². The maximum atomic E-state index is 9.02. The first-order valence-corrected chi connectivity index (χ1v) is 9.19. The summed E-state index contributed by atoms with van der Waals surface area (Å²) in [5, 5.41) is 9.02. The van der Waals surface area contributed by atoms with E-state index in [1.165, 1.54) is 51.4 Å². The predicted molar refractivity (Wildman–Crippen MR) is 98.0 cm³/mol. The summed E-state index contributed by atoms with van der Waals surface area (Å²) >= 11 is 0. The normalized spacial score (nSPS) is 21.1. The van der Waals surface area contributed by atoms with E-state index in [9.17, 15) is 0 Å². The predicted octanol–water partition coefficient (Wildman–Crippen LogP) is 5.47. The number of hydrogen-bond acceptors (Lipinski definition) is 1. The SMILES string of the molecule is CCCCC[C@H]1CC[C@H](/C=C/C#Cc2ccc(CO)cc2)CC1. The molecule has 0 aliphatic heterocycles. The molecule has 0 amide bonds. The Hall–Kier alpha value is -1.52. The minimum Gasteiger partial charge on any atom is -0.392 e. The Labute approximate surface area is 141 Å². The van der Waals surface area contributed by atoms with E-state index in [1.54, 1.807) is 0 Å². The molecule has 1 heteroatoms. The van der Waals surface area contributed by atoms with Crippen LogP contribution in [0.4, 0.5) is 0 Å². The molecule has 1 nitrogen and oxygen atoms in total. The monoisotopic (exact) mass is 310 g/mol. The van der Waals surface area contributed by atoms with E-state index in [0.29, 0.717) is 0 Å². The van der Waals surface area contributed by atoms with Crippen LogP contribution < -0.4 is 0 Å². The van der Waals surface area contributed by atoms with Crippen molar-refractivity contribution < 1.29 is 5.11 Å². The maximum Gasteiger partial charge on any atom is 0.0681 e. The van der Waals surface area contributed by atoms with E-state index >= 15 is 0 Å². The average Bonchev–Trinajstić information content (AvgIpc) is 2.61. The van der Waals surface area contributed by atoms with Crippen molar-refractivity contribution in [2.75, 3.05) is 0 Å². The van der Waals surface area contributed by atoms with Crippen LogP contribution in [0.1, 0.15) is 69.4 Å². The van der Waals surface area contributed by atoms with Gasteiger partial charge in [0.2, 0.25) is 0 Å². The number of allylic oxidation sites excluding steroid dienone is 2. The first kappa shape index (κ1) is 17.8. The standard InChI is InChI=1S/C22H30O/c1-2-3-4-7-19-10-12-20(13-11-19)8-5-6-9-21-14-16-22(18-23)17-15-21/h5,8,14-17,19-20,23H,2-4,7,10-13,18H2,1H3/b8-5+/t19-,20-. The third-order valence-electron chi connectivity index (χ3n) is 4.91. The lowest BCUT2D eigenvalue weighted by molar-refractivity contribution is 0.282. The topological polar surface area (TPSA) is 20.2 Å². The summed E-state index contributed by atoms with van der Waals surface area (Å²) in [7, 11) is 0. The zero-order valence-electron chi connectivity index (χ0n) is 14.4. The first-order chi connectivity index (χ1) is 11.3. The molecule has 0 aromatic heterocycles. The molecule has 0 bridgehead atoms. The van der Waals surface area contributed by atoms with Crippen LogP contribution in [0, 0.1) is 23.7 Å². The number of unbranched alkanes of at least 4 members (excludes halogenated alkanes) is 2. The van der Waals surface area contributed by atoms with Gasteiger partial charge in [-0.15, -0.1) is 0 Å². The highest BCUT2D eigenvalue weighted by atomic mass is 16.3. The van der Waals surface area contributed by atoms with Crippen molar-refractivity contribution >= 4 is 0 Å². The Morgan fingerprint density at radius 3 is 2.48 bits per heavy atom. The zero-order chi connectivity index (χ0) is 16.3. The largest absolute Gasteiger partial charge is 0.392 e. The molecule has 1 aromatic rings.